The molecule has 0 aliphatic heterocycles. The minimum atomic E-state index is -4.15. The van der Waals surface area contributed by atoms with Gasteiger partial charge in [-0.15, -0.1) is 0 Å². The zero-order chi connectivity index (χ0) is 14.0. The summed E-state index contributed by atoms with van der Waals surface area (Å²) in [6.07, 6.45) is 1.80. The maximum absolute atomic E-state index is 13.5. The van der Waals surface area contributed by atoms with E-state index in [2.05, 4.69) is 4.98 Å². The number of para-hydroxylation sites is 1. The fourth-order valence-corrected chi connectivity index (χ4v) is 2.45. The first kappa shape index (κ1) is 13.2. The number of nitrogens with one attached hydrogen (secondary N) is 1. The fraction of sp³-hybridized carbons (Fsp3) is 0. The third-order valence-corrected chi connectivity index (χ3v) is 3.59. The number of anilines is 2. The number of rotatable bonds is 3. The van der Waals surface area contributed by atoms with E-state index in [1.165, 1.54) is 12.1 Å². The largest absolute Gasteiger partial charge is 0.397 e. The molecule has 5 nitrogen and oxygen atoms in total. The highest BCUT2D eigenvalue weighted by Gasteiger charge is 2.18. The molecular formula is C11H9F2N3O2S. The van der Waals surface area contributed by atoms with Crippen molar-refractivity contribution >= 4 is 21.4 Å². The van der Waals surface area contributed by atoms with Gasteiger partial charge in [-0.2, -0.15) is 0 Å². The third-order valence-electron chi connectivity index (χ3n) is 2.27. The van der Waals surface area contributed by atoms with Crippen molar-refractivity contribution in [1.82, 2.24) is 4.98 Å². The molecule has 0 saturated carbocycles. The van der Waals surface area contributed by atoms with E-state index in [-0.39, 0.29) is 11.4 Å². The summed E-state index contributed by atoms with van der Waals surface area (Å²) in [5.41, 5.74) is 5.02. The number of nitrogens with two attached hydrogens (primary N) is 1. The number of halogens is 2. The summed E-state index contributed by atoms with van der Waals surface area (Å²) in [4.78, 5) is 3.00. The van der Waals surface area contributed by atoms with Crippen molar-refractivity contribution in [2.45, 2.75) is 4.90 Å². The Labute approximate surface area is 108 Å². The third kappa shape index (κ3) is 2.79. The molecule has 0 radical (unpaired) electrons. The van der Waals surface area contributed by atoms with Crippen LogP contribution in [-0.2, 0) is 10.0 Å². The molecule has 0 aliphatic rings. The zero-order valence-electron chi connectivity index (χ0n) is 9.47. The summed E-state index contributed by atoms with van der Waals surface area (Å²) in [5.74, 6) is -1.64. The number of nitrogens with zero attached hydrogens (tertiary/aromatic N) is 1. The lowest BCUT2D eigenvalue weighted by Crippen LogP contribution is -2.15. The van der Waals surface area contributed by atoms with Gasteiger partial charge in [-0.25, -0.2) is 17.2 Å². The van der Waals surface area contributed by atoms with Crippen LogP contribution in [-0.4, -0.2) is 13.4 Å². The molecule has 0 saturated heterocycles. The van der Waals surface area contributed by atoms with Gasteiger partial charge in [0, 0.05) is 6.20 Å². The van der Waals surface area contributed by atoms with E-state index >= 15 is 0 Å². The summed E-state index contributed by atoms with van der Waals surface area (Å²) < 4.78 is 52.2. The highest BCUT2D eigenvalue weighted by atomic mass is 32.2. The lowest BCUT2D eigenvalue weighted by Gasteiger charge is -2.10. The molecule has 0 aliphatic carbocycles. The normalized spacial score (nSPS) is 11.3. The molecule has 8 heteroatoms. The molecule has 1 aromatic heterocycles. The van der Waals surface area contributed by atoms with Crippen molar-refractivity contribution in [1.29, 1.82) is 0 Å². The average molecular weight is 285 g/mol. The van der Waals surface area contributed by atoms with E-state index in [4.69, 9.17) is 5.73 Å². The molecule has 2 rings (SSSR count). The Morgan fingerprint density at radius 1 is 1.21 bits per heavy atom. The molecule has 1 heterocycles. The summed E-state index contributed by atoms with van der Waals surface area (Å²) >= 11 is 0. The summed E-state index contributed by atoms with van der Waals surface area (Å²) in [5, 5.41) is 0. The van der Waals surface area contributed by atoms with Crippen LogP contribution in [0.3, 0.4) is 0 Å². The predicted octanol–water partition coefficient (Wildman–Crippen LogP) is 1.74. The van der Waals surface area contributed by atoms with Gasteiger partial charge in [-0.1, -0.05) is 6.07 Å². The summed E-state index contributed by atoms with van der Waals surface area (Å²) in [6, 6.07) is 4.50. The van der Waals surface area contributed by atoms with Crippen molar-refractivity contribution < 1.29 is 17.2 Å². The Bertz CT molecular complexity index is 699. The van der Waals surface area contributed by atoms with E-state index in [0.29, 0.717) is 0 Å². The van der Waals surface area contributed by atoms with Crippen LogP contribution >= 0.6 is 0 Å². The lowest BCUT2D eigenvalue weighted by atomic mass is 10.3. The minimum absolute atomic E-state index is 0.0760. The molecule has 0 spiro atoms. The quantitative estimate of drug-likeness (QED) is 0.841. The maximum atomic E-state index is 13.5. The monoisotopic (exact) mass is 285 g/mol. The Kier molecular flexibility index (Phi) is 3.34. The summed E-state index contributed by atoms with van der Waals surface area (Å²) in [6.45, 7) is 0. The molecule has 100 valence electrons. The Balaban J connectivity index is 2.42. The highest BCUT2D eigenvalue weighted by Crippen LogP contribution is 2.25. The van der Waals surface area contributed by atoms with Gasteiger partial charge in [0.2, 0.25) is 0 Å². The molecule has 3 N–H and O–H groups in total. The predicted molar refractivity (Wildman–Crippen MR) is 65.8 cm³/mol. The van der Waals surface area contributed by atoms with E-state index < -0.39 is 26.6 Å². The Morgan fingerprint density at radius 2 is 1.95 bits per heavy atom. The lowest BCUT2D eigenvalue weighted by molar-refractivity contribution is 0.590. The molecule has 0 atom stereocenters. The van der Waals surface area contributed by atoms with Crippen LogP contribution in [0.1, 0.15) is 0 Å². The molecule has 2 aromatic rings. The standard InChI is InChI=1S/C11H9F2N3O2S/c12-7-4-8(6-15-5-7)19(17,18)16-11-9(13)2-1-3-10(11)14/h1-6,16H,14H2. The van der Waals surface area contributed by atoms with Crippen LogP contribution in [0.5, 0.6) is 0 Å². The van der Waals surface area contributed by atoms with E-state index in [1.54, 1.807) is 0 Å². The van der Waals surface area contributed by atoms with E-state index in [9.17, 15) is 17.2 Å². The summed E-state index contributed by atoms with van der Waals surface area (Å²) in [7, 11) is -4.15. The highest BCUT2D eigenvalue weighted by molar-refractivity contribution is 7.92. The SMILES string of the molecule is Nc1cccc(F)c1NS(=O)(=O)c1cncc(F)c1. The fourth-order valence-electron chi connectivity index (χ4n) is 1.38. The average Bonchev–Trinajstić information content (AvgIpc) is 2.34. The van der Waals surface area contributed by atoms with Crippen molar-refractivity contribution in [3.63, 3.8) is 0 Å². The molecule has 0 bridgehead atoms. The van der Waals surface area contributed by atoms with Gasteiger partial charge in [0.05, 0.1) is 11.9 Å². The van der Waals surface area contributed by atoms with Crippen LogP contribution in [0, 0.1) is 11.6 Å². The van der Waals surface area contributed by atoms with Crippen LogP contribution in [0.25, 0.3) is 0 Å². The number of nitrogen functional groups attached to an aromatic ring is 1. The van der Waals surface area contributed by atoms with Crippen LogP contribution in [0.2, 0.25) is 0 Å². The van der Waals surface area contributed by atoms with Gasteiger partial charge >= 0.3 is 0 Å². The number of hydrogen-bond acceptors (Lipinski definition) is 4. The van der Waals surface area contributed by atoms with Crippen LogP contribution < -0.4 is 10.5 Å². The Hall–Kier alpha value is -2.22. The van der Waals surface area contributed by atoms with Crippen LogP contribution in [0.4, 0.5) is 20.2 Å². The molecular weight excluding hydrogens is 276 g/mol. The number of pyridine rings is 1. The second kappa shape index (κ2) is 4.81. The molecule has 1 aromatic carbocycles. The number of benzene rings is 1. The zero-order valence-corrected chi connectivity index (χ0v) is 10.3. The number of sulfonamides is 1. The second-order valence-corrected chi connectivity index (χ2v) is 5.33. The van der Waals surface area contributed by atoms with Crippen molar-refractivity contribution in [3.8, 4) is 0 Å². The van der Waals surface area contributed by atoms with Crippen molar-refractivity contribution in [2.24, 2.45) is 0 Å². The van der Waals surface area contributed by atoms with E-state index in [0.717, 1.165) is 24.5 Å². The van der Waals surface area contributed by atoms with Gasteiger partial charge in [0.15, 0.2) is 0 Å². The van der Waals surface area contributed by atoms with E-state index in [1.807, 2.05) is 4.72 Å². The molecule has 0 amide bonds. The topological polar surface area (TPSA) is 85.1 Å². The second-order valence-electron chi connectivity index (χ2n) is 3.65. The van der Waals surface area contributed by atoms with Crippen molar-refractivity contribution in [3.05, 3.63) is 48.3 Å². The first-order valence-electron chi connectivity index (χ1n) is 5.07. The number of hydrogen-bond donors (Lipinski definition) is 2. The maximum Gasteiger partial charge on any atom is 0.263 e. The van der Waals surface area contributed by atoms with Gasteiger partial charge < -0.3 is 5.73 Å². The van der Waals surface area contributed by atoms with Gasteiger partial charge in [0.1, 0.15) is 22.2 Å². The first-order chi connectivity index (χ1) is 8.90. The number of aromatic nitrogens is 1. The molecule has 0 fully saturated rings. The first-order valence-corrected chi connectivity index (χ1v) is 6.56. The van der Waals surface area contributed by atoms with Crippen molar-refractivity contribution in [2.75, 3.05) is 10.5 Å². The van der Waals surface area contributed by atoms with Gasteiger partial charge in [-0.05, 0) is 18.2 Å². The van der Waals surface area contributed by atoms with Crippen LogP contribution in [0.15, 0.2) is 41.6 Å². The Morgan fingerprint density at radius 3 is 2.58 bits per heavy atom. The molecule has 0 unspecified atom stereocenters. The van der Waals surface area contributed by atoms with Gasteiger partial charge in [-0.3, -0.25) is 9.71 Å². The minimum Gasteiger partial charge on any atom is -0.397 e. The smallest absolute Gasteiger partial charge is 0.263 e. The molecule has 19 heavy (non-hydrogen) atoms. The van der Waals surface area contributed by atoms with Gasteiger partial charge in [0.25, 0.3) is 10.0 Å².